The van der Waals surface area contributed by atoms with Gasteiger partial charge in [0.15, 0.2) is 5.65 Å². The Morgan fingerprint density at radius 3 is 2.96 bits per heavy atom. The molecule has 0 aliphatic carbocycles. The van der Waals surface area contributed by atoms with Crippen molar-refractivity contribution in [3.8, 4) is 0 Å². The van der Waals surface area contributed by atoms with Crippen LogP contribution in [-0.4, -0.2) is 50.4 Å². The molecule has 0 bridgehead atoms. The average Bonchev–Trinajstić information content (AvgIpc) is 3.07. The molecule has 1 atom stereocenters. The summed E-state index contributed by atoms with van der Waals surface area (Å²) in [5.74, 6) is -0.395. The zero-order valence-corrected chi connectivity index (χ0v) is 14.8. The molecule has 7 nitrogen and oxygen atoms in total. The molecule has 2 aromatic heterocycles. The maximum Gasteiger partial charge on any atom is 0.260 e. The molecule has 0 saturated carbocycles. The van der Waals surface area contributed by atoms with Crippen molar-refractivity contribution in [3.05, 3.63) is 59.5 Å². The van der Waals surface area contributed by atoms with Crippen LogP contribution in [0.5, 0.6) is 0 Å². The predicted octanol–water partition coefficient (Wildman–Crippen LogP) is 2.26. The van der Waals surface area contributed by atoms with Crippen LogP contribution in [0.25, 0.3) is 5.65 Å². The molecule has 0 spiro atoms. The lowest BCUT2D eigenvalue weighted by Crippen LogP contribution is -2.57. The van der Waals surface area contributed by atoms with E-state index < -0.39 is 0 Å². The zero-order valence-electron chi connectivity index (χ0n) is 14.0. The van der Waals surface area contributed by atoms with Crippen LogP contribution >= 0.6 is 11.6 Å². The minimum absolute atomic E-state index is 0.00329. The van der Waals surface area contributed by atoms with E-state index in [1.807, 2.05) is 13.0 Å². The number of piperazine rings is 1. The summed E-state index contributed by atoms with van der Waals surface area (Å²) in [6, 6.07) is 8.74. The first-order valence-corrected chi connectivity index (χ1v) is 8.57. The summed E-state index contributed by atoms with van der Waals surface area (Å²) in [6.45, 7) is 2.31. The molecule has 3 aromatic rings. The molecule has 1 fully saturated rings. The third kappa shape index (κ3) is 2.80. The molecule has 132 valence electrons. The zero-order chi connectivity index (χ0) is 18.3. The fourth-order valence-electron chi connectivity index (χ4n) is 3.15. The number of hydrogen-bond donors (Lipinski definition) is 0. The van der Waals surface area contributed by atoms with Crippen LogP contribution in [0, 0.1) is 0 Å². The summed E-state index contributed by atoms with van der Waals surface area (Å²) in [5, 5.41) is 4.72. The normalized spacial score (nSPS) is 17.8. The van der Waals surface area contributed by atoms with E-state index in [4.69, 9.17) is 11.6 Å². The molecule has 1 aliphatic heterocycles. The van der Waals surface area contributed by atoms with Gasteiger partial charge in [0, 0.05) is 35.7 Å². The number of amides is 2. The number of hydrogen-bond acceptors (Lipinski definition) is 4. The summed E-state index contributed by atoms with van der Waals surface area (Å²) < 4.78 is 1.54. The third-order valence-corrected chi connectivity index (χ3v) is 4.71. The number of halogens is 1. The highest BCUT2D eigenvalue weighted by atomic mass is 35.5. The van der Waals surface area contributed by atoms with Gasteiger partial charge in [-0.15, -0.1) is 0 Å². The first-order chi connectivity index (χ1) is 12.5. The van der Waals surface area contributed by atoms with Crippen molar-refractivity contribution < 1.29 is 9.59 Å². The van der Waals surface area contributed by atoms with Crippen LogP contribution in [-0.2, 0) is 4.79 Å². The van der Waals surface area contributed by atoms with Crippen molar-refractivity contribution in [3.63, 3.8) is 0 Å². The second kappa shape index (κ2) is 6.42. The molecular weight excluding hydrogens is 354 g/mol. The summed E-state index contributed by atoms with van der Waals surface area (Å²) >= 11 is 6.03. The van der Waals surface area contributed by atoms with E-state index in [1.54, 1.807) is 51.0 Å². The first kappa shape index (κ1) is 16.5. The number of anilines is 1. The molecule has 1 aromatic carbocycles. The fourth-order valence-corrected chi connectivity index (χ4v) is 3.33. The van der Waals surface area contributed by atoms with Gasteiger partial charge in [-0.05, 0) is 31.2 Å². The van der Waals surface area contributed by atoms with Crippen LogP contribution in [0.1, 0.15) is 17.3 Å². The Morgan fingerprint density at radius 2 is 2.15 bits per heavy atom. The van der Waals surface area contributed by atoms with Crippen LogP contribution in [0.4, 0.5) is 5.69 Å². The van der Waals surface area contributed by atoms with E-state index >= 15 is 0 Å². The number of carbonyl (C=O) groups is 2. The lowest BCUT2D eigenvalue weighted by Gasteiger charge is -2.39. The van der Waals surface area contributed by atoms with E-state index in [9.17, 15) is 9.59 Å². The van der Waals surface area contributed by atoms with Gasteiger partial charge in [-0.25, -0.2) is 9.50 Å². The number of carbonyl (C=O) groups excluding carboxylic acids is 2. The van der Waals surface area contributed by atoms with E-state index in [1.165, 1.54) is 6.20 Å². The molecule has 0 radical (unpaired) electrons. The Balaban J connectivity index is 1.60. The lowest BCUT2D eigenvalue weighted by atomic mass is 10.1. The molecule has 8 heteroatoms. The van der Waals surface area contributed by atoms with Gasteiger partial charge in [0.05, 0.1) is 6.20 Å². The van der Waals surface area contributed by atoms with Crippen LogP contribution in [0.3, 0.4) is 0 Å². The van der Waals surface area contributed by atoms with Crippen molar-refractivity contribution in [2.24, 2.45) is 0 Å². The molecule has 2 amide bonds. The molecule has 0 N–H and O–H groups in total. The Labute approximate surface area is 154 Å². The van der Waals surface area contributed by atoms with Gasteiger partial charge < -0.3 is 9.80 Å². The van der Waals surface area contributed by atoms with Gasteiger partial charge >= 0.3 is 0 Å². The Hall–Kier alpha value is -2.93. The second-order valence-electron chi connectivity index (χ2n) is 6.21. The van der Waals surface area contributed by atoms with Crippen molar-refractivity contribution in [2.45, 2.75) is 13.0 Å². The van der Waals surface area contributed by atoms with Gasteiger partial charge in [0.25, 0.3) is 5.91 Å². The quantitative estimate of drug-likeness (QED) is 0.694. The molecule has 1 aliphatic rings. The van der Waals surface area contributed by atoms with Gasteiger partial charge in [-0.1, -0.05) is 17.7 Å². The van der Waals surface area contributed by atoms with E-state index in [2.05, 4.69) is 10.1 Å². The van der Waals surface area contributed by atoms with E-state index in [0.29, 0.717) is 22.8 Å². The SMILES string of the molecule is C[C@H]1CN(c2cccc(Cl)c2)C(=O)CN1C(=O)c1cnn2cccnc12. The number of rotatable bonds is 2. The van der Waals surface area contributed by atoms with Crippen molar-refractivity contribution in [1.29, 1.82) is 0 Å². The predicted molar refractivity (Wildman–Crippen MR) is 97.3 cm³/mol. The minimum Gasteiger partial charge on any atom is -0.325 e. The Morgan fingerprint density at radius 1 is 1.31 bits per heavy atom. The Bertz CT molecular complexity index is 1000. The van der Waals surface area contributed by atoms with E-state index in [-0.39, 0.29) is 24.4 Å². The summed E-state index contributed by atoms with van der Waals surface area (Å²) in [5.41, 5.74) is 1.61. The van der Waals surface area contributed by atoms with Gasteiger partial charge in [-0.3, -0.25) is 9.59 Å². The standard InChI is InChI=1S/C18H16ClN5O2/c1-12-10-23(14-5-2-4-13(19)8-14)16(25)11-22(12)18(26)15-9-21-24-7-3-6-20-17(15)24/h2-9,12H,10-11H2,1H3/t12-/m0/s1. The summed E-state index contributed by atoms with van der Waals surface area (Å²) in [6.07, 6.45) is 4.83. The van der Waals surface area contributed by atoms with Crippen LogP contribution < -0.4 is 4.90 Å². The lowest BCUT2D eigenvalue weighted by molar-refractivity contribution is -0.121. The highest BCUT2D eigenvalue weighted by molar-refractivity contribution is 6.31. The fraction of sp³-hybridized carbons (Fsp3) is 0.222. The van der Waals surface area contributed by atoms with Crippen molar-refractivity contribution in [1.82, 2.24) is 19.5 Å². The maximum absolute atomic E-state index is 13.0. The largest absolute Gasteiger partial charge is 0.325 e. The third-order valence-electron chi connectivity index (χ3n) is 4.48. The highest BCUT2D eigenvalue weighted by Crippen LogP contribution is 2.24. The number of aromatic nitrogens is 3. The van der Waals surface area contributed by atoms with Gasteiger partial charge in [0.2, 0.25) is 5.91 Å². The summed E-state index contributed by atoms with van der Waals surface area (Å²) in [7, 11) is 0. The number of nitrogens with zero attached hydrogens (tertiary/aromatic N) is 5. The highest BCUT2D eigenvalue weighted by Gasteiger charge is 2.34. The molecule has 26 heavy (non-hydrogen) atoms. The minimum atomic E-state index is -0.245. The van der Waals surface area contributed by atoms with Gasteiger partial charge in [-0.2, -0.15) is 5.10 Å². The Kier molecular flexibility index (Phi) is 4.08. The van der Waals surface area contributed by atoms with Crippen LogP contribution in [0.2, 0.25) is 5.02 Å². The van der Waals surface area contributed by atoms with Gasteiger partial charge in [0.1, 0.15) is 12.1 Å². The molecular formula is C18H16ClN5O2. The smallest absolute Gasteiger partial charge is 0.260 e. The maximum atomic E-state index is 13.0. The van der Waals surface area contributed by atoms with Crippen LogP contribution in [0.15, 0.2) is 48.9 Å². The number of fused-ring (bicyclic) bond motifs is 1. The monoisotopic (exact) mass is 369 g/mol. The van der Waals surface area contributed by atoms with E-state index in [0.717, 1.165) is 5.69 Å². The van der Waals surface area contributed by atoms with Crippen molar-refractivity contribution in [2.75, 3.05) is 18.0 Å². The molecule has 0 unspecified atom stereocenters. The first-order valence-electron chi connectivity index (χ1n) is 8.20. The second-order valence-corrected chi connectivity index (χ2v) is 6.65. The molecule has 3 heterocycles. The van der Waals surface area contributed by atoms with Crippen molar-refractivity contribution >= 4 is 34.7 Å². The molecule has 4 rings (SSSR count). The molecule has 1 saturated heterocycles. The summed E-state index contributed by atoms with van der Waals surface area (Å²) in [4.78, 5) is 33.1. The number of benzene rings is 1. The topological polar surface area (TPSA) is 70.8 Å². The average molecular weight is 370 g/mol.